The molecule has 0 bridgehead atoms. The predicted molar refractivity (Wildman–Crippen MR) is 61.4 cm³/mol. The van der Waals surface area contributed by atoms with Crippen LogP contribution in [-0.2, 0) is 16.0 Å². The molecule has 88 valence electrons. The van der Waals surface area contributed by atoms with Crippen LogP contribution in [0.4, 0.5) is 0 Å². The molecule has 0 aliphatic rings. The normalized spacial score (nSPS) is 10.1. The first-order valence-electron chi connectivity index (χ1n) is 5.15. The molecule has 16 heavy (non-hydrogen) atoms. The predicted octanol–water partition coefficient (Wildman–Crippen LogP) is 1.21. The van der Waals surface area contributed by atoms with Crippen LogP contribution in [0.25, 0.3) is 0 Å². The molecule has 0 radical (unpaired) electrons. The summed E-state index contributed by atoms with van der Waals surface area (Å²) in [5.74, 6) is -0.307. The van der Waals surface area contributed by atoms with Gasteiger partial charge in [-0.3, -0.25) is 0 Å². The van der Waals surface area contributed by atoms with E-state index in [2.05, 4.69) is 10.1 Å². The van der Waals surface area contributed by atoms with E-state index in [1.165, 1.54) is 7.11 Å². The molecular weight excluding hydrogens is 206 g/mol. The van der Waals surface area contributed by atoms with Crippen LogP contribution in [0.15, 0.2) is 24.3 Å². The molecule has 1 aromatic rings. The second-order valence-electron chi connectivity index (χ2n) is 3.36. The van der Waals surface area contributed by atoms with E-state index in [0.717, 1.165) is 18.7 Å². The first-order valence-corrected chi connectivity index (χ1v) is 5.15. The fourth-order valence-electron chi connectivity index (χ4n) is 1.28. The zero-order valence-corrected chi connectivity index (χ0v) is 9.66. The highest BCUT2D eigenvalue weighted by atomic mass is 16.5. The van der Waals surface area contributed by atoms with Gasteiger partial charge in [0, 0.05) is 20.2 Å². The zero-order chi connectivity index (χ0) is 11.8. The smallest absolute Gasteiger partial charge is 0.337 e. The van der Waals surface area contributed by atoms with Gasteiger partial charge in [0.2, 0.25) is 0 Å². The van der Waals surface area contributed by atoms with Crippen molar-refractivity contribution in [1.29, 1.82) is 0 Å². The average Bonchev–Trinajstić information content (AvgIpc) is 2.34. The van der Waals surface area contributed by atoms with Crippen LogP contribution in [0.1, 0.15) is 15.9 Å². The summed E-state index contributed by atoms with van der Waals surface area (Å²) in [4.78, 5) is 11.2. The van der Waals surface area contributed by atoms with E-state index in [9.17, 15) is 4.79 Å². The Hall–Kier alpha value is -1.39. The van der Waals surface area contributed by atoms with Crippen LogP contribution >= 0.6 is 0 Å². The van der Waals surface area contributed by atoms with E-state index in [0.29, 0.717) is 12.2 Å². The lowest BCUT2D eigenvalue weighted by atomic mass is 10.1. The highest BCUT2D eigenvalue weighted by Crippen LogP contribution is 2.05. The van der Waals surface area contributed by atoms with Crippen molar-refractivity contribution in [2.24, 2.45) is 0 Å². The first-order chi connectivity index (χ1) is 7.77. The zero-order valence-electron chi connectivity index (χ0n) is 9.66. The molecular formula is C12H17NO3. The molecule has 0 saturated carbocycles. The number of hydrogen-bond donors (Lipinski definition) is 1. The Morgan fingerprint density at radius 2 is 1.94 bits per heavy atom. The Labute approximate surface area is 95.6 Å². The maximum Gasteiger partial charge on any atom is 0.337 e. The summed E-state index contributed by atoms with van der Waals surface area (Å²) in [5.41, 5.74) is 1.70. The van der Waals surface area contributed by atoms with Crippen molar-refractivity contribution in [3.05, 3.63) is 35.4 Å². The SMILES string of the molecule is COCCNCc1ccc(C(=O)OC)cc1. The van der Waals surface area contributed by atoms with E-state index < -0.39 is 0 Å². The molecule has 0 atom stereocenters. The van der Waals surface area contributed by atoms with Gasteiger partial charge in [0.1, 0.15) is 0 Å². The van der Waals surface area contributed by atoms with Gasteiger partial charge in [-0.1, -0.05) is 12.1 Å². The third-order valence-electron chi connectivity index (χ3n) is 2.19. The quantitative estimate of drug-likeness (QED) is 0.581. The Morgan fingerprint density at radius 3 is 2.50 bits per heavy atom. The number of carbonyl (C=O) groups is 1. The molecule has 0 heterocycles. The van der Waals surface area contributed by atoms with Gasteiger partial charge in [-0.2, -0.15) is 0 Å². The molecule has 4 nitrogen and oxygen atoms in total. The summed E-state index contributed by atoms with van der Waals surface area (Å²) in [6.07, 6.45) is 0. The number of ether oxygens (including phenoxy) is 2. The summed E-state index contributed by atoms with van der Waals surface area (Å²) in [7, 11) is 3.05. The maximum absolute atomic E-state index is 11.2. The molecule has 0 aliphatic heterocycles. The van der Waals surface area contributed by atoms with E-state index in [-0.39, 0.29) is 5.97 Å². The Kier molecular flexibility index (Phi) is 5.53. The van der Waals surface area contributed by atoms with Crippen LogP contribution in [0.5, 0.6) is 0 Å². The van der Waals surface area contributed by atoms with Crippen molar-refractivity contribution in [1.82, 2.24) is 5.32 Å². The first kappa shape index (κ1) is 12.7. The molecule has 0 spiro atoms. The lowest BCUT2D eigenvalue weighted by Crippen LogP contribution is -2.18. The minimum absolute atomic E-state index is 0.307. The van der Waals surface area contributed by atoms with Gasteiger partial charge < -0.3 is 14.8 Å². The summed E-state index contributed by atoms with van der Waals surface area (Å²) in [6, 6.07) is 7.34. The van der Waals surface area contributed by atoms with Crippen LogP contribution in [0.2, 0.25) is 0 Å². The fourth-order valence-corrected chi connectivity index (χ4v) is 1.28. The van der Waals surface area contributed by atoms with E-state index >= 15 is 0 Å². The summed E-state index contributed by atoms with van der Waals surface area (Å²) < 4.78 is 9.54. The molecule has 1 rings (SSSR count). The van der Waals surface area contributed by atoms with Crippen molar-refractivity contribution in [2.75, 3.05) is 27.4 Å². The number of rotatable bonds is 6. The van der Waals surface area contributed by atoms with E-state index in [1.807, 2.05) is 12.1 Å². The van der Waals surface area contributed by atoms with Gasteiger partial charge in [-0.05, 0) is 17.7 Å². The second kappa shape index (κ2) is 6.98. The van der Waals surface area contributed by atoms with Gasteiger partial charge in [-0.15, -0.1) is 0 Å². The van der Waals surface area contributed by atoms with Gasteiger partial charge >= 0.3 is 5.97 Å². The Bertz CT molecular complexity index is 322. The summed E-state index contributed by atoms with van der Waals surface area (Å²) in [5, 5.41) is 3.22. The maximum atomic E-state index is 11.2. The number of esters is 1. The Balaban J connectivity index is 2.42. The summed E-state index contributed by atoms with van der Waals surface area (Å²) in [6.45, 7) is 2.28. The van der Waals surface area contributed by atoms with Gasteiger partial charge in [0.15, 0.2) is 0 Å². The van der Waals surface area contributed by atoms with Gasteiger partial charge in [0.25, 0.3) is 0 Å². The monoisotopic (exact) mass is 223 g/mol. The molecule has 1 N–H and O–H groups in total. The number of methoxy groups -OCH3 is 2. The molecule has 4 heteroatoms. The molecule has 0 saturated heterocycles. The Morgan fingerprint density at radius 1 is 1.25 bits per heavy atom. The highest BCUT2D eigenvalue weighted by Gasteiger charge is 2.03. The third kappa shape index (κ3) is 4.00. The molecule has 0 amide bonds. The average molecular weight is 223 g/mol. The van der Waals surface area contributed by atoms with Crippen molar-refractivity contribution >= 4 is 5.97 Å². The van der Waals surface area contributed by atoms with Crippen LogP contribution in [0.3, 0.4) is 0 Å². The van der Waals surface area contributed by atoms with E-state index in [1.54, 1.807) is 19.2 Å². The molecule has 0 aliphatic carbocycles. The third-order valence-corrected chi connectivity index (χ3v) is 2.19. The van der Waals surface area contributed by atoms with Crippen LogP contribution in [0, 0.1) is 0 Å². The number of carbonyl (C=O) groups excluding carboxylic acids is 1. The second-order valence-corrected chi connectivity index (χ2v) is 3.36. The van der Waals surface area contributed by atoms with Gasteiger partial charge in [-0.25, -0.2) is 4.79 Å². The summed E-state index contributed by atoms with van der Waals surface area (Å²) >= 11 is 0. The molecule has 1 aromatic carbocycles. The number of nitrogens with one attached hydrogen (secondary N) is 1. The lowest BCUT2D eigenvalue weighted by Gasteiger charge is -2.05. The lowest BCUT2D eigenvalue weighted by molar-refractivity contribution is 0.0600. The minimum Gasteiger partial charge on any atom is -0.465 e. The minimum atomic E-state index is -0.307. The molecule has 0 unspecified atom stereocenters. The number of benzene rings is 1. The fraction of sp³-hybridized carbons (Fsp3) is 0.417. The topological polar surface area (TPSA) is 47.6 Å². The van der Waals surface area contributed by atoms with Crippen molar-refractivity contribution in [2.45, 2.75) is 6.54 Å². The largest absolute Gasteiger partial charge is 0.465 e. The number of hydrogen-bond acceptors (Lipinski definition) is 4. The van der Waals surface area contributed by atoms with E-state index in [4.69, 9.17) is 4.74 Å². The standard InChI is InChI=1S/C12H17NO3/c1-15-8-7-13-9-10-3-5-11(6-4-10)12(14)16-2/h3-6,13H,7-9H2,1-2H3. The van der Waals surface area contributed by atoms with Crippen molar-refractivity contribution in [3.63, 3.8) is 0 Å². The molecule has 0 aromatic heterocycles. The van der Waals surface area contributed by atoms with Crippen molar-refractivity contribution in [3.8, 4) is 0 Å². The van der Waals surface area contributed by atoms with Crippen LogP contribution in [-0.4, -0.2) is 33.3 Å². The highest BCUT2D eigenvalue weighted by molar-refractivity contribution is 5.89. The van der Waals surface area contributed by atoms with Gasteiger partial charge in [0.05, 0.1) is 19.3 Å². The van der Waals surface area contributed by atoms with Crippen LogP contribution < -0.4 is 5.32 Å². The molecule has 0 fully saturated rings. The van der Waals surface area contributed by atoms with Crippen molar-refractivity contribution < 1.29 is 14.3 Å².